The number of hydrogen-bond acceptors (Lipinski definition) is 2. The number of benzene rings is 1. The third kappa shape index (κ3) is 2.34. The molecule has 0 aliphatic carbocycles. The van der Waals surface area contributed by atoms with E-state index < -0.39 is 0 Å². The van der Waals surface area contributed by atoms with Crippen molar-refractivity contribution in [3.05, 3.63) is 46.2 Å². The summed E-state index contributed by atoms with van der Waals surface area (Å²) in [6.07, 6.45) is 1.13. The molecule has 1 aromatic rings. The summed E-state index contributed by atoms with van der Waals surface area (Å²) in [7, 11) is 0. The zero-order chi connectivity index (χ0) is 8.97. The lowest BCUT2D eigenvalue weighted by molar-refractivity contribution is 0.0664. The molecule has 0 atom stereocenters. The molecule has 0 unspecified atom stereocenters. The van der Waals surface area contributed by atoms with Crippen LogP contribution in [0.3, 0.4) is 0 Å². The van der Waals surface area contributed by atoms with Crippen molar-refractivity contribution >= 4 is 28.6 Å². The molecular formula is C9H7IO2. The van der Waals surface area contributed by atoms with E-state index in [2.05, 4.69) is 33.9 Å². The zero-order valence-corrected chi connectivity index (χ0v) is 8.45. The van der Waals surface area contributed by atoms with Gasteiger partial charge in [0.25, 0.3) is 0 Å². The summed E-state index contributed by atoms with van der Waals surface area (Å²) < 4.78 is 5.61. The van der Waals surface area contributed by atoms with Gasteiger partial charge in [0.1, 0.15) is 0 Å². The van der Waals surface area contributed by atoms with Gasteiger partial charge in [0.15, 0.2) is 0 Å². The summed E-state index contributed by atoms with van der Waals surface area (Å²) in [5.74, 6) is -0.372. The maximum Gasteiger partial charge on any atom is 0.342 e. The van der Waals surface area contributed by atoms with Gasteiger partial charge in [0, 0.05) is 3.57 Å². The Kier molecular flexibility index (Phi) is 3.28. The topological polar surface area (TPSA) is 26.3 Å². The molecule has 62 valence electrons. The summed E-state index contributed by atoms with van der Waals surface area (Å²) >= 11 is 2.13. The van der Waals surface area contributed by atoms with Crippen LogP contribution in [0.15, 0.2) is 37.1 Å². The van der Waals surface area contributed by atoms with Crippen molar-refractivity contribution in [2.24, 2.45) is 0 Å². The molecule has 0 aliphatic rings. The van der Waals surface area contributed by atoms with Crippen molar-refractivity contribution < 1.29 is 9.53 Å². The molecule has 0 saturated carbocycles. The third-order valence-corrected chi connectivity index (χ3v) is 1.92. The highest BCUT2D eigenvalue weighted by atomic mass is 127. The maximum absolute atomic E-state index is 11.1. The monoisotopic (exact) mass is 274 g/mol. The summed E-state index contributed by atoms with van der Waals surface area (Å²) in [5.41, 5.74) is 0.543. The quantitative estimate of drug-likeness (QED) is 0.470. The normalized spacial score (nSPS) is 9.08. The predicted molar refractivity (Wildman–Crippen MR) is 54.8 cm³/mol. The molecule has 0 radical (unpaired) electrons. The fourth-order valence-corrected chi connectivity index (χ4v) is 1.30. The average molecular weight is 274 g/mol. The van der Waals surface area contributed by atoms with Crippen LogP contribution >= 0.6 is 22.6 Å². The Morgan fingerprint density at radius 3 is 2.92 bits per heavy atom. The first-order valence-corrected chi connectivity index (χ1v) is 4.39. The zero-order valence-electron chi connectivity index (χ0n) is 6.29. The summed E-state index contributed by atoms with van der Waals surface area (Å²) in [5, 5.41) is 0. The lowest BCUT2D eigenvalue weighted by atomic mass is 10.2. The smallest absolute Gasteiger partial charge is 0.342 e. The second kappa shape index (κ2) is 4.25. The largest absolute Gasteiger partial charge is 0.432 e. The van der Waals surface area contributed by atoms with Crippen LogP contribution in [0.25, 0.3) is 0 Å². The molecule has 0 N–H and O–H groups in total. The van der Waals surface area contributed by atoms with E-state index in [1.807, 2.05) is 6.07 Å². The average Bonchev–Trinajstić information content (AvgIpc) is 2.05. The molecule has 0 amide bonds. The van der Waals surface area contributed by atoms with Gasteiger partial charge < -0.3 is 4.74 Å². The molecule has 0 saturated heterocycles. The molecule has 0 aliphatic heterocycles. The maximum atomic E-state index is 11.1. The first-order chi connectivity index (χ1) is 5.74. The molecule has 0 spiro atoms. The van der Waals surface area contributed by atoms with Gasteiger partial charge in [0.2, 0.25) is 0 Å². The summed E-state index contributed by atoms with van der Waals surface area (Å²) in [6.45, 7) is 3.30. The molecule has 1 rings (SSSR count). The van der Waals surface area contributed by atoms with Crippen LogP contribution in [-0.2, 0) is 4.74 Å². The van der Waals surface area contributed by atoms with Crippen LogP contribution in [0.1, 0.15) is 10.4 Å². The number of carbonyl (C=O) groups is 1. The number of rotatable bonds is 2. The van der Waals surface area contributed by atoms with Crippen molar-refractivity contribution in [2.75, 3.05) is 0 Å². The minimum absolute atomic E-state index is 0.372. The van der Waals surface area contributed by atoms with Crippen molar-refractivity contribution in [1.29, 1.82) is 0 Å². The van der Waals surface area contributed by atoms with E-state index in [-0.39, 0.29) is 5.97 Å². The van der Waals surface area contributed by atoms with Gasteiger partial charge in [-0.05, 0) is 40.8 Å². The molecule has 0 fully saturated rings. The second-order valence-corrected chi connectivity index (χ2v) is 3.33. The number of esters is 1. The fraction of sp³-hybridized carbons (Fsp3) is 0. The molecule has 12 heavy (non-hydrogen) atoms. The van der Waals surface area contributed by atoms with E-state index in [0.29, 0.717) is 5.56 Å². The van der Waals surface area contributed by atoms with Gasteiger partial charge in [-0.1, -0.05) is 12.6 Å². The fourth-order valence-electron chi connectivity index (χ4n) is 0.759. The van der Waals surface area contributed by atoms with Gasteiger partial charge in [-0.3, -0.25) is 0 Å². The molecule has 0 aromatic heterocycles. The van der Waals surface area contributed by atoms with E-state index in [0.717, 1.165) is 9.83 Å². The highest BCUT2D eigenvalue weighted by Gasteiger charge is 2.04. The van der Waals surface area contributed by atoms with Crippen LogP contribution in [0, 0.1) is 3.57 Å². The third-order valence-electron chi connectivity index (χ3n) is 1.25. The Labute approximate surface area is 84.4 Å². The van der Waals surface area contributed by atoms with E-state index in [1.54, 1.807) is 18.2 Å². The minimum Gasteiger partial charge on any atom is -0.432 e. The Hall–Kier alpha value is -0.840. The summed E-state index contributed by atoms with van der Waals surface area (Å²) in [6, 6.07) is 7.17. The van der Waals surface area contributed by atoms with Gasteiger partial charge in [-0.25, -0.2) is 4.79 Å². The van der Waals surface area contributed by atoms with Gasteiger partial charge in [-0.15, -0.1) is 0 Å². The SMILES string of the molecule is C=COC(=O)c1cccc(I)c1. The lowest BCUT2D eigenvalue weighted by Crippen LogP contribution is -1.99. The van der Waals surface area contributed by atoms with Crippen molar-refractivity contribution in [3.8, 4) is 0 Å². The molecule has 1 aromatic carbocycles. The van der Waals surface area contributed by atoms with Crippen LogP contribution in [0.5, 0.6) is 0 Å². The second-order valence-electron chi connectivity index (χ2n) is 2.08. The van der Waals surface area contributed by atoms with Gasteiger partial charge in [-0.2, -0.15) is 0 Å². The Balaban J connectivity index is 2.87. The minimum atomic E-state index is -0.372. The number of halogens is 1. The highest BCUT2D eigenvalue weighted by molar-refractivity contribution is 14.1. The molecule has 2 nitrogen and oxygen atoms in total. The van der Waals surface area contributed by atoms with E-state index >= 15 is 0 Å². The van der Waals surface area contributed by atoms with Crippen LogP contribution in [-0.4, -0.2) is 5.97 Å². The predicted octanol–water partition coefficient (Wildman–Crippen LogP) is 2.59. The van der Waals surface area contributed by atoms with E-state index in [1.165, 1.54) is 0 Å². The molecular weight excluding hydrogens is 267 g/mol. The first kappa shape index (κ1) is 9.25. The standard InChI is InChI=1S/C9H7IO2/c1-2-12-9(11)7-4-3-5-8(10)6-7/h2-6H,1H2. The van der Waals surface area contributed by atoms with Crippen molar-refractivity contribution in [2.45, 2.75) is 0 Å². The number of ether oxygens (including phenoxy) is 1. The highest BCUT2D eigenvalue weighted by Crippen LogP contribution is 2.08. The van der Waals surface area contributed by atoms with Crippen molar-refractivity contribution in [1.82, 2.24) is 0 Å². The lowest BCUT2D eigenvalue weighted by Gasteiger charge is -1.98. The molecule has 0 bridgehead atoms. The molecule has 0 heterocycles. The van der Waals surface area contributed by atoms with Gasteiger partial charge >= 0.3 is 5.97 Å². The Morgan fingerprint density at radius 2 is 2.33 bits per heavy atom. The molecule has 3 heteroatoms. The van der Waals surface area contributed by atoms with Crippen LogP contribution in [0.2, 0.25) is 0 Å². The van der Waals surface area contributed by atoms with Crippen LogP contribution in [0.4, 0.5) is 0 Å². The van der Waals surface area contributed by atoms with Gasteiger partial charge in [0.05, 0.1) is 11.8 Å². The van der Waals surface area contributed by atoms with E-state index in [9.17, 15) is 4.79 Å². The van der Waals surface area contributed by atoms with Crippen molar-refractivity contribution in [3.63, 3.8) is 0 Å². The first-order valence-electron chi connectivity index (χ1n) is 3.31. The summed E-state index contributed by atoms with van der Waals surface area (Å²) in [4.78, 5) is 11.1. The van der Waals surface area contributed by atoms with Crippen LogP contribution < -0.4 is 0 Å². The Morgan fingerprint density at radius 1 is 1.58 bits per heavy atom. The number of carbonyl (C=O) groups excluding carboxylic acids is 1. The van der Waals surface area contributed by atoms with E-state index in [4.69, 9.17) is 0 Å². The number of hydrogen-bond donors (Lipinski definition) is 0. The Bertz CT molecular complexity index is 307.